The summed E-state index contributed by atoms with van der Waals surface area (Å²) < 4.78 is 0. The van der Waals surface area contributed by atoms with Crippen LogP contribution in [-0.4, -0.2) is 0 Å². The molecule has 0 radical (unpaired) electrons. The second kappa shape index (κ2) is 146. The van der Waals surface area contributed by atoms with Crippen molar-refractivity contribution in [3.05, 3.63) is 0 Å². The van der Waals surface area contributed by atoms with Gasteiger partial charge in [-0.3, -0.25) is 0 Å². The van der Waals surface area contributed by atoms with E-state index in [4.69, 9.17) is 0 Å². The maximum atomic E-state index is 0. The summed E-state index contributed by atoms with van der Waals surface area (Å²) in [7, 11) is 0. The van der Waals surface area contributed by atoms with Crippen molar-refractivity contribution in [1.29, 1.82) is 0 Å². The first-order valence-electron chi connectivity index (χ1n) is 0. The Kier molecular flexibility index (Phi) is 2420. The summed E-state index contributed by atoms with van der Waals surface area (Å²) >= 11 is 0. The summed E-state index contributed by atoms with van der Waals surface area (Å²) in [6.07, 6.45) is 0. The van der Waals surface area contributed by atoms with Crippen molar-refractivity contribution < 1.29 is 155 Å². The van der Waals surface area contributed by atoms with Crippen LogP contribution < -0.4 is 112 Å². The maximum Gasteiger partial charge on any atom is 5.00 e. The summed E-state index contributed by atoms with van der Waals surface area (Å²) in [4.78, 5) is 0. The zero-order valence-electron chi connectivity index (χ0n) is 4.26. The van der Waals surface area contributed by atoms with Gasteiger partial charge in [0.1, 0.15) is 0 Å². The molecule has 0 aliphatic rings. The standard InChI is InChI=1S/9ClH.Ta.W/h9*1H;;/q;;;;;;;;;+5;/p-9. The van der Waals surface area contributed by atoms with Gasteiger partial charge in [-0.25, -0.2) is 0 Å². The first kappa shape index (κ1) is 182. The Bertz CT molecular complexity index is 9.52. The van der Waals surface area contributed by atoms with E-state index in [1.54, 1.807) is 0 Å². The van der Waals surface area contributed by atoms with Gasteiger partial charge >= 0.3 is 22.4 Å². The Hall–Kier alpha value is 4.04. The fourth-order valence-corrected chi connectivity index (χ4v) is 0. The van der Waals surface area contributed by atoms with E-state index in [9.17, 15) is 0 Å². The van der Waals surface area contributed by atoms with Gasteiger partial charge in [0.05, 0.1) is 0 Å². The number of hydrogen-bond acceptors (Lipinski definition) is 0. The van der Waals surface area contributed by atoms with Crippen LogP contribution in [0.3, 0.4) is 0 Å². The summed E-state index contributed by atoms with van der Waals surface area (Å²) in [5.74, 6) is 0. The van der Waals surface area contributed by atoms with Crippen LogP contribution in [0, 0.1) is 0 Å². The van der Waals surface area contributed by atoms with Crippen LogP contribution in [0.4, 0.5) is 0 Å². The van der Waals surface area contributed by atoms with Crippen molar-refractivity contribution in [3.63, 3.8) is 0 Å². The monoisotopic (exact) mass is 680 g/mol. The van der Waals surface area contributed by atoms with Gasteiger partial charge in [-0.2, -0.15) is 0 Å². The molecule has 0 fully saturated rings. The molecule has 78 valence electrons. The minimum absolute atomic E-state index is 0. The van der Waals surface area contributed by atoms with Gasteiger partial charge in [-0.15, -0.1) is 0 Å². The molecule has 0 N–H and O–H groups in total. The molecular weight excluding hydrogens is 684 g/mol. The van der Waals surface area contributed by atoms with Crippen LogP contribution in [0.2, 0.25) is 0 Å². The van der Waals surface area contributed by atoms with E-state index >= 15 is 0 Å². The molecule has 0 aromatic rings. The molecule has 0 rings (SSSR count). The minimum Gasteiger partial charge on any atom is -1.00 e. The second-order valence-corrected chi connectivity index (χ2v) is 0. The van der Waals surface area contributed by atoms with E-state index < -0.39 is 0 Å². The predicted molar refractivity (Wildman–Crippen MR) is 0 cm³/mol. The first-order chi connectivity index (χ1) is 0. The minimum atomic E-state index is 0. The first-order valence-corrected chi connectivity index (χ1v) is 0. The molecular formula is Cl9TaW-4. The number of halogens is 9. The van der Waals surface area contributed by atoms with Crippen LogP contribution in [0.25, 0.3) is 0 Å². The Morgan fingerprint density at radius 1 is 0.273 bits per heavy atom. The summed E-state index contributed by atoms with van der Waals surface area (Å²) in [5.41, 5.74) is 0. The average molecular weight is 684 g/mol. The summed E-state index contributed by atoms with van der Waals surface area (Å²) in [6.45, 7) is 0. The topological polar surface area (TPSA) is 0 Å². The summed E-state index contributed by atoms with van der Waals surface area (Å²) in [5, 5.41) is 0. The van der Waals surface area contributed by atoms with Crippen LogP contribution >= 0.6 is 0 Å². The fourth-order valence-electron chi connectivity index (χ4n) is 0. The molecule has 0 unspecified atom stereocenters. The fraction of sp³-hybridized carbons (Fsp3) is 0. The zero-order valence-corrected chi connectivity index (χ0v) is 17.2. The van der Waals surface area contributed by atoms with Gasteiger partial charge in [0.25, 0.3) is 0 Å². The van der Waals surface area contributed by atoms with Crippen molar-refractivity contribution in [3.8, 4) is 0 Å². The van der Waals surface area contributed by atoms with Gasteiger partial charge in [0.15, 0.2) is 0 Å². The SMILES string of the molecule is [Cl-].[Cl-].[Cl-].[Cl-].[Cl-].[Cl-].[Cl-].[Cl-].[Cl-].[Ta+5].[W]. The molecule has 0 aliphatic carbocycles. The Labute approximate surface area is 153 Å². The summed E-state index contributed by atoms with van der Waals surface area (Å²) in [6, 6.07) is 0. The van der Waals surface area contributed by atoms with E-state index in [0.29, 0.717) is 0 Å². The van der Waals surface area contributed by atoms with Crippen molar-refractivity contribution in [2.45, 2.75) is 0 Å². The molecule has 0 heterocycles. The molecule has 0 amide bonds. The van der Waals surface area contributed by atoms with Crippen molar-refractivity contribution >= 4 is 0 Å². The van der Waals surface area contributed by atoms with E-state index in [0.717, 1.165) is 0 Å². The van der Waals surface area contributed by atoms with Gasteiger partial charge in [-0.1, -0.05) is 0 Å². The van der Waals surface area contributed by atoms with Crippen LogP contribution in [-0.2, 0) is 43.4 Å². The Morgan fingerprint density at radius 2 is 0.273 bits per heavy atom. The van der Waals surface area contributed by atoms with Crippen molar-refractivity contribution in [2.24, 2.45) is 0 Å². The zero-order chi connectivity index (χ0) is 0. The quantitative estimate of drug-likeness (QED) is 0.238. The van der Waals surface area contributed by atoms with Crippen LogP contribution in [0.5, 0.6) is 0 Å². The third kappa shape index (κ3) is 125. The third-order valence-electron chi connectivity index (χ3n) is 0. The Morgan fingerprint density at radius 3 is 0.273 bits per heavy atom. The Balaban J connectivity index is 0. The molecule has 0 nitrogen and oxygen atoms in total. The van der Waals surface area contributed by atoms with E-state index in [-0.39, 0.29) is 155 Å². The van der Waals surface area contributed by atoms with Crippen molar-refractivity contribution in [1.82, 2.24) is 0 Å². The van der Waals surface area contributed by atoms with Gasteiger partial charge in [-0.05, 0) is 0 Å². The third-order valence-corrected chi connectivity index (χ3v) is 0. The molecule has 0 aromatic carbocycles. The molecule has 11 heavy (non-hydrogen) atoms. The van der Waals surface area contributed by atoms with Crippen molar-refractivity contribution in [2.75, 3.05) is 0 Å². The van der Waals surface area contributed by atoms with Crippen LogP contribution in [0.1, 0.15) is 0 Å². The van der Waals surface area contributed by atoms with Gasteiger partial charge in [0.2, 0.25) is 0 Å². The average Bonchev–Trinajstić information content (AvgIpc) is 0. The molecule has 0 saturated heterocycles. The molecule has 0 spiro atoms. The molecule has 0 saturated carbocycles. The molecule has 0 aromatic heterocycles. The molecule has 11 heteroatoms. The largest absolute Gasteiger partial charge is 5.00 e. The number of rotatable bonds is 0. The normalized spacial score (nSPS) is 0. The van der Waals surface area contributed by atoms with Gasteiger partial charge in [0, 0.05) is 21.1 Å². The van der Waals surface area contributed by atoms with E-state index in [1.165, 1.54) is 0 Å². The predicted octanol–water partition coefficient (Wildman–Crippen LogP) is -27.0. The maximum absolute atomic E-state index is 0. The molecule has 0 aliphatic heterocycles. The molecule has 0 bridgehead atoms. The number of hydrogen-bond donors (Lipinski definition) is 0. The van der Waals surface area contributed by atoms with E-state index in [2.05, 4.69) is 0 Å². The van der Waals surface area contributed by atoms with E-state index in [1.807, 2.05) is 0 Å². The van der Waals surface area contributed by atoms with Gasteiger partial charge < -0.3 is 112 Å². The molecule has 0 atom stereocenters. The smallest absolute Gasteiger partial charge is 1.00 e. The second-order valence-electron chi connectivity index (χ2n) is 0. The van der Waals surface area contributed by atoms with Crippen LogP contribution in [0.15, 0.2) is 0 Å².